The van der Waals surface area contributed by atoms with E-state index in [1.165, 1.54) is 0 Å². The summed E-state index contributed by atoms with van der Waals surface area (Å²) in [6.45, 7) is 6.60. The Hall–Kier alpha value is -2.93. The Morgan fingerprint density at radius 2 is 2.03 bits per heavy atom. The van der Waals surface area contributed by atoms with E-state index in [0.717, 1.165) is 60.1 Å². The highest BCUT2D eigenvalue weighted by Crippen LogP contribution is 2.25. The van der Waals surface area contributed by atoms with Crippen molar-refractivity contribution in [2.75, 3.05) is 0 Å². The molecule has 1 aromatic carbocycles. The van der Waals surface area contributed by atoms with Crippen LogP contribution in [0.5, 0.6) is 0 Å². The van der Waals surface area contributed by atoms with Crippen molar-refractivity contribution in [3.05, 3.63) is 51.9 Å². The largest absolute Gasteiger partial charge is 0.461 e. The Balaban J connectivity index is 1.50. The molecule has 1 fully saturated rings. The first-order chi connectivity index (χ1) is 15.8. The van der Waals surface area contributed by atoms with Crippen molar-refractivity contribution in [2.45, 2.75) is 71.6 Å². The molecule has 1 aliphatic rings. The minimum Gasteiger partial charge on any atom is -0.461 e. The number of imidazole rings is 1. The van der Waals surface area contributed by atoms with Gasteiger partial charge in [0.05, 0.1) is 11.0 Å². The highest BCUT2D eigenvalue weighted by molar-refractivity contribution is 5.81. The summed E-state index contributed by atoms with van der Waals surface area (Å²) in [6, 6.07) is 7.71. The normalized spacial score (nSPS) is 15.4. The molecule has 0 aliphatic heterocycles. The van der Waals surface area contributed by atoms with Crippen LogP contribution in [0.15, 0.2) is 35.3 Å². The summed E-state index contributed by atoms with van der Waals surface area (Å²) >= 11 is 0. The van der Waals surface area contributed by atoms with Crippen molar-refractivity contribution >= 4 is 17.0 Å². The molecule has 0 unspecified atom stereocenters. The van der Waals surface area contributed by atoms with Gasteiger partial charge in [-0.25, -0.2) is 4.98 Å². The van der Waals surface area contributed by atoms with Crippen LogP contribution in [0.1, 0.15) is 57.1 Å². The van der Waals surface area contributed by atoms with Gasteiger partial charge in [-0.3, -0.25) is 9.59 Å². The molecule has 0 bridgehead atoms. The molecule has 2 aromatic heterocycles. The number of ether oxygens (including phenoxy) is 1. The van der Waals surface area contributed by atoms with Gasteiger partial charge >= 0.3 is 5.97 Å². The lowest BCUT2D eigenvalue weighted by atomic mass is 10.0. The number of carbonyl (C=O) groups is 1. The molecule has 0 saturated heterocycles. The van der Waals surface area contributed by atoms with Crippen molar-refractivity contribution in [1.82, 2.24) is 19.9 Å². The fraction of sp³-hybridized carbons (Fsp3) is 0.500. The van der Waals surface area contributed by atoms with Gasteiger partial charge in [0.15, 0.2) is 0 Å². The number of aromatic amines is 1. The molecular weight excluding hydrogens is 416 g/mol. The first kappa shape index (κ1) is 23.2. The number of fused-ring (bicyclic) bond motifs is 1. The Labute approximate surface area is 194 Å². The molecule has 0 radical (unpaired) electrons. The number of nitrogens with one attached hydrogen (secondary N) is 2. The lowest BCUT2D eigenvalue weighted by molar-refractivity contribution is -0.151. The summed E-state index contributed by atoms with van der Waals surface area (Å²) in [6.07, 6.45) is 6.77. The number of H-pyrrole nitrogens is 1. The number of rotatable bonds is 8. The third-order valence-electron chi connectivity index (χ3n) is 6.42. The molecule has 1 aliphatic carbocycles. The fourth-order valence-electron chi connectivity index (χ4n) is 4.57. The SMILES string of the molecule is Cc1cc(-c2nc3cc(CN[C@@H](CC(C)C)C(=O)OC4CCCC4)ccc3n2C)c[nH]c1=O. The van der Waals surface area contributed by atoms with Crippen LogP contribution >= 0.6 is 0 Å². The van der Waals surface area contributed by atoms with Gasteiger partial charge in [-0.1, -0.05) is 19.9 Å². The molecule has 2 heterocycles. The number of hydrogen-bond donors (Lipinski definition) is 2. The van der Waals surface area contributed by atoms with Gasteiger partial charge in [-0.2, -0.15) is 0 Å². The van der Waals surface area contributed by atoms with Crippen LogP contribution in [0.2, 0.25) is 0 Å². The summed E-state index contributed by atoms with van der Waals surface area (Å²) in [4.78, 5) is 32.1. The van der Waals surface area contributed by atoms with Crippen LogP contribution < -0.4 is 10.9 Å². The van der Waals surface area contributed by atoms with Gasteiger partial charge in [0, 0.05) is 30.9 Å². The second-order valence-electron chi connectivity index (χ2n) is 9.62. The number of benzene rings is 1. The quantitative estimate of drug-likeness (QED) is 0.502. The molecule has 3 aromatic rings. The average Bonchev–Trinajstić information content (AvgIpc) is 3.40. The zero-order valence-corrected chi connectivity index (χ0v) is 20.0. The van der Waals surface area contributed by atoms with Crippen molar-refractivity contribution in [3.63, 3.8) is 0 Å². The van der Waals surface area contributed by atoms with E-state index in [9.17, 15) is 9.59 Å². The molecule has 7 heteroatoms. The smallest absolute Gasteiger partial charge is 0.323 e. The van der Waals surface area contributed by atoms with E-state index in [-0.39, 0.29) is 23.7 Å². The van der Waals surface area contributed by atoms with Gasteiger partial charge in [-0.05, 0) is 68.7 Å². The van der Waals surface area contributed by atoms with Crippen molar-refractivity contribution in [2.24, 2.45) is 13.0 Å². The average molecular weight is 451 g/mol. The number of aryl methyl sites for hydroxylation is 2. The monoisotopic (exact) mass is 450 g/mol. The van der Waals surface area contributed by atoms with E-state index in [1.54, 1.807) is 13.1 Å². The number of nitrogens with zero attached hydrogens (tertiary/aromatic N) is 2. The third-order valence-corrected chi connectivity index (χ3v) is 6.42. The van der Waals surface area contributed by atoms with Crippen LogP contribution in [0, 0.1) is 12.8 Å². The van der Waals surface area contributed by atoms with Gasteiger partial charge in [0.2, 0.25) is 0 Å². The van der Waals surface area contributed by atoms with Crippen LogP contribution in [0.4, 0.5) is 0 Å². The van der Waals surface area contributed by atoms with Crippen LogP contribution in [0.25, 0.3) is 22.4 Å². The van der Waals surface area contributed by atoms with E-state index in [4.69, 9.17) is 9.72 Å². The Morgan fingerprint density at radius 1 is 1.27 bits per heavy atom. The maximum atomic E-state index is 12.8. The van der Waals surface area contributed by atoms with Crippen LogP contribution in [-0.2, 0) is 23.1 Å². The van der Waals surface area contributed by atoms with Crippen LogP contribution in [0.3, 0.4) is 0 Å². The summed E-state index contributed by atoms with van der Waals surface area (Å²) in [5.74, 6) is 1.05. The number of aromatic nitrogens is 3. The standard InChI is InChI=1S/C26H34N4O3/c1-16(2)11-22(26(32)33-20-7-5-6-8-20)27-14-18-9-10-23-21(13-18)29-24(30(23)4)19-12-17(3)25(31)28-15-19/h9-10,12-13,15-16,20,22,27H,5-8,11,14H2,1-4H3,(H,28,31)/t22-/m0/s1. The molecular formula is C26H34N4O3. The highest BCUT2D eigenvalue weighted by atomic mass is 16.5. The Morgan fingerprint density at radius 3 is 2.73 bits per heavy atom. The van der Waals surface area contributed by atoms with Gasteiger partial charge in [0.25, 0.3) is 5.56 Å². The van der Waals surface area contributed by atoms with E-state index < -0.39 is 0 Å². The predicted octanol–water partition coefficient (Wildman–Crippen LogP) is 4.23. The van der Waals surface area contributed by atoms with Gasteiger partial charge < -0.3 is 19.6 Å². The summed E-state index contributed by atoms with van der Waals surface area (Å²) in [5.41, 5.74) is 4.39. The van der Waals surface area contributed by atoms with Crippen molar-refractivity contribution in [3.8, 4) is 11.4 Å². The van der Waals surface area contributed by atoms with E-state index >= 15 is 0 Å². The molecule has 2 N–H and O–H groups in total. The summed E-state index contributed by atoms with van der Waals surface area (Å²) < 4.78 is 7.80. The predicted molar refractivity (Wildman–Crippen MR) is 130 cm³/mol. The lowest BCUT2D eigenvalue weighted by Crippen LogP contribution is -2.40. The molecule has 0 spiro atoms. The highest BCUT2D eigenvalue weighted by Gasteiger charge is 2.26. The van der Waals surface area contributed by atoms with E-state index in [1.807, 2.05) is 17.7 Å². The molecule has 33 heavy (non-hydrogen) atoms. The molecule has 176 valence electrons. The number of hydrogen-bond acceptors (Lipinski definition) is 5. The van der Waals surface area contributed by atoms with E-state index in [2.05, 4.69) is 42.3 Å². The van der Waals surface area contributed by atoms with Gasteiger partial charge in [0.1, 0.15) is 18.0 Å². The maximum absolute atomic E-state index is 12.8. The van der Waals surface area contributed by atoms with Gasteiger partial charge in [-0.15, -0.1) is 0 Å². The fourth-order valence-corrected chi connectivity index (χ4v) is 4.57. The number of esters is 1. The topological polar surface area (TPSA) is 89.0 Å². The second-order valence-corrected chi connectivity index (χ2v) is 9.62. The number of carbonyl (C=O) groups excluding carboxylic acids is 1. The summed E-state index contributed by atoms with van der Waals surface area (Å²) in [5, 5.41) is 3.42. The zero-order valence-electron chi connectivity index (χ0n) is 20.0. The van der Waals surface area contributed by atoms with Crippen LogP contribution in [-0.4, -0.2) is 32.7 Å². The van der Waals surface area contributed by atoms with Crippen molar-refractivity contribution < 1.29 is 9.53 Å². The first-order valence-electron chi connectivity index (χ1n) is 11.9. The minimum absolute atomic E-state index is 0.0776. The molecule has 1 atom stereocenters. The minimum atomic E-state index is -0.315. The molecule has 1 saturated carbocycles. The lowest BCUT2D eigenvalue weighted by Gasteiger charge is -2.21. The Kier molecular flexibility index (Phi) is 6.98. The van der Waals surface area contributed by atoms with E-state index in [0.29, 0.717) is 18.0 Å². The third kappa shape index (κ3) is 5.36. The molecule has 7 nitrogen and oxygen atoms in total. The Bertz CT molecular complexity index is 1190. The van der Waals surface area contributed by atoms with Crippen molar-refractivity contribution in [1.29, 1.82) is 0 Å². The molecule has 0 amide bonds. The second kappa shape index (κ2) is 9.91. The number of pyridine rings is 1. The zero-order chi connectivity index (χ0) is 23.5. The maximum Gasteiger partial charge on any atom is 0.323 e. The summed E-state index contributed by atoms with van der Waals surface area (Å²) in [7, 11) is 1.97. The first-order valence-corrected chi connectivity index (χ1v) is 11.9. The molecule has 4 rings (SSSR count).